The normalized spacial score (nSPS) is 33.3. The number of fused-ring (bicyclic) bond motifs is 1. The van der Waals surface area contributed by atoms with Crippen molar-refractivity contribution in [2.75, 3.05) is 53.9 Å². The fraction of sp³-hybridized carbons (Fsp3) is 1.00. The van der Waals surface area contributed by atoms with E-state index in [1.807, 2.05) is 0 Å². The van der Waals surface area contributed by atoms with Gasteiger partial charge in [0.05, 0.1) is 0 Å². The van der Waals surface area contributed by atoms with Crippen molar-refractivity contribution < 1.29 is 0 Å². The molecule has 0 radical (unpaired) electrons. The first kappa shape index (κ1) is 14.3. The third-order valence-electron chi connectivity index (χ3n) is 5.05. The molecule has 0 bridgehead atoms. The molecule has 4 nitrogen and oxygen atoms in total. The largest absolute Gasteiger partial charge is 0.329 e. The summed E-state index contributed by atoms with van der Waals surface area (Å²) in [6, 6.07) is 0.795. The van der Waals surface area contributed by atoms with Gasteiger partial charge in [0.1, 0.15) is 0 Å². The van der Waals surface area contributed by atoms with E-state index in [9.17, 15) is 0 Å². The van der Waals surface area contributed by atoms with Crippen LogP contribution in [0.3, 0.4) is 0 Å². The van der Waals surface area contributed by atoms with Crippen molar-refractivity contribution in [1.82, 2.24) is 14.7 Å². The van der Waals surface area contributed by atoms with Crippen LogP contribution < -0.4 is 5.73 Å². The molecule has 0 aliphatic carbocycles. The Bertz CT molecular complexity index is 269. The van der Waals surface area contributed by atoms with Gasteiger partial charge >= 0.3 is 0 Å². The van der Waals surface area contributed by atoms with Gasteiger partial charge in [0.2, 0.25) is 0 Å². The molecule has 106 valence electrons. The van der Waals surface area contributed by atoms with Gasteiger partial charge in [0.25, 0.3) is 0 Å². The van der Waals surface area contributed by atoms with Gasteiger partial charge in [-0.1, -0.05) is 0 Å². The molecule has 0 aromatic carbocycles. The topological polar surface area (TPSA) is 35.7 Å². The predicted molar refractivity (Wildman–Crippen MR) is 76.8 cm³/mol. The zero-order chi connectivity index (χ0) is 13.2. The first-order valence-electron chi connectivity index (χ1n) is 7.37. The first-order chi connectivity index (χ1) is 8.57. The molecule has 2 N–H and O–H groups in total. The predicted octanol–water partition coefficient (Wildman–Crippen LogP) is 0.436. The molecule has 0 saturated carbocycles. The van der Waals surface area contributed by atoms with Crippen molar-refractivity contribution in [3.05, 3.63) is 0 Å². The second-order valence-corrected chi connectivity index (χ2v) is 6.44. The summed E-state index contributed by atoms with van der Waals surface area (Å²) in [7, 11) is 6.55. The van der Waals surface area contributed by atoms with Gasteiger partial charge in [-0.05, 0) is 53.4 Å². The van der Waals surface area contributed by atoms with Crippen LogP contribution in [-0.2, 0) is 0 Å². The maximum Gasteiger partial charge on any atom is 0.0356 e. The Morgan fingerprint density at radius 1 is 1.22 bits per heavy atom. The van der Waals surface area contributed by atoms with Crippen LogP contribution in [0.2, 0.25) is 0 Å². The monoisotopic (exact) mass is 254 g/mol. The van der Waals surface area contributed by atoms with E-state index in [1.54, 1.807) is 0 Å². The van der Waals surface area contributed by atoms with Crippen molar-refractivity contribution in [2.45, 2.75) is 37.3 Å². The smallest absolute Gasteiger partial charge is 0.0356 e. The quantitative estimate of drug-likeness (QED) is 0.772. The lowest BCUT2D eigenvalue weighted by Crippen LogP contribution is -2.60. The van der Waals surface area contributed by atoms with Crippen molar-refractivity contribution >= 4 is 0 Å². The molecular weight excluding hydrogens is 224 g/mol. The molecule has 2 unspecified atom stereocenters. The van der Waals surface area contributed by atoms with Gasteiger partial charge in [-0.3, -0.25) is 4.90 Å². The van der Waals surface area contributed by atoms with E-state index in [2.05, 4.69) is 35.8 Å². The van der Waals surface area contributed by atoms with Crippen molar-refractivity contribution in [3.8, 4) is 0 Å². The maximum absolute atomic E-state index is 6.15. The highest BCUT2D eigenvalue weighted by molar-refractivity contribution is 5.01. The van der Waals surface area contributed by atoms with Gasteiger partial charge in [-0.25, -0.2) is 0 Å². The van der Waals surface area contributed by atoms with Crippen LogP contribution in [0.4, 0.5) is 0 Å². The minimum Gasteiger partial charge on any atom is -0.329 e. The number of piperidine rings is 1. The van der Waals surface area contributed by atoms with Crippen molar-refractivity contribution in [1.29, 1.82) is 0 Å². The van der Waals surface area contributed by atoms with Crippen LogP contribution in [-0.4, -0.2) is 80.1 Å². The Hall–Kier alpha value is -0.160. The van der Waals surface area contributed by atoms with E-state index in [-0.39, 0.29) is 5.54 Å². The molecule has 2 aliphatic heterocycles. The van der Waals surface area contributed by atoms with Gasteiger partial charge in [0, 0.05) is 37.8 Å². The van der Waals surface area contributed by atoms with E-state index in [4.69, 9.17) is 5.73 Å². The van der Waals surface area contributed by atoms with Crippen LogP contribution in [0.5, 0.6) is 0 Å². The average Bonchev–Trinajstić information content (AvgIpc) is 2.82. The lowest BCUT2D eigenvalue weighted by molar-refractivity contribution is 0.0238. The first-order valence-corrected chi connectivity index (χ1v) is 7.37. The summed E-state index contributed by atoms with van der Waals surface area (Å²) in [6.07, 6.45) is 5.27. The fourth-order valence-electron chi connectivity index (χ4n) is 3.59. The molecule has 18 heavy (non-hydrogen) atoms. The second kappa shape index (κ2) is 5.87. The minimum absolute atomic E-state index is 0.252. The molecule has 2 atom stereocenters. The molecule has 0 aromatic heterocycles. The van der Waals surface area contributed by atoms with Gasteiger partial charge in [-0.2, -0.15) is 0 Å². The van der Waals surface area contributed by atoms with Crippen LogP contribution in [0, 0.1) is 0 Å². The van der Waals surface area contributed by atoms with E-state index in [1.165, 1.54) is 38.8 Å². The number of rotatable bonds is 5. The molecule has 2 rings (SSSR count). The maximum atomic E-state index is 6.15. The lowest BCUT2D eigenvalue weighted by Gasteiger charge is -2.49. The highest BCUT2D eigenvalue weighted by Gasteiger charge is 2.42. The van der Waals surface area contributed by atoms with Crippen LogP contribution in [0.15, 0.2) is 0 Å². The highest BCUT2D eigenvalue weighted by Crippen LogP contribution is 2.35. The number of nitrogens with zero attached hydrogens (tertiary/aromatic N) is 3. The molecule has 2 fully saturated rings. The number of likely N-dealkylation sites (N-methyl/N-ethyl adjacent to an activating group) is 2. The summed E-state index contributed by atoms with van der Waals surface area (Å²) in [4.78, 5) is 7.46. The minimum atomic E-state index is 0.252. The summed E-state index contributed by atoms with van der Waals surface area (Å²) < 4.78 is 0. The Labute approximate surface area is 112 Å². The molecule has 0 spiro atoms. The molecule has 0 amide bonds. The second-order valence-electron chi connectivity index (χ2n) is 6.44. The number of nitrogens with two attached hydrogens (primary N) is 1. The standard InChI is InChI=1S/C14H30N4/c1-16(2)9-10-17(3)14(12-15)6-8-18-7-4-5-13(18)11-14/h13H,4-12,15H2,1-3H3. The Morgan fingerprint density at radius 3 is 2.67 bits per heavy atom. The Kier molecular flexibility index (Phi) is 4.64. The SMILES string of the molecule is CN(C)CCN(C)C1(CN)CCN2CCCC2C1. The number of hydrogen-bond donors (Lipinski definition) is 1. The Morgan fingerprint density at radius 2 is 2.00 bits per heavy atom. The highest BCUT2D eigenvalue weighted by atomic mass is 15.3. The third-order valence-corrected chi connectivity index (χ3v) is 5.05. The summed E-state index contributed by atoms with van der Waals surface area (Å²) >= 11 is 0. The summed E-state index contributed by atoms with van der Waals surface area (Å²) in [5.41, 5.74) is 6.41. The number of hydrogen-bond acceptors (Lipinski definition) is 4. The van der Waals surface area contributed by atoms with Crippen molar-refractivity contribution in [2.24, 2.45) is 5.73 Å². The zero-order valence-corrected chi connectivity index (χ0v) is 12.4. The van der Waals surface area contributed by atoms with Crippen LogP contribution >= 0.6 is 0 Å². The fourth-order valence-corrected chi connectivity index (χ4v) is 3.59. The molecule has 4 heteroatoms. The average molecular weight is 254 g/mol. The lowest BCUT2D eigenvalue weighted by atomic mass is 9.82. The van der Waals surface area contributed by atoms with Crippen LogP contribution in [0.1, 0.15) is 25.7 Å². The molecular formula is C14H30N4. The van der Waals surface area contributed by atoms with Gasteiger partial charge < -0.3 is 15.5 Å². The summed E-state index contributed by atoms with van der Waals surface area (Å²) in [5.74, 6) is 0. The van der Waals surface area contributed by atoms with E-state index >= 15 is 0 Å². The molecule has 2 aliphatic rings. The van der Waals surface area contributed by atoms with E-state index < -0.39 is 0 Å². The zero-order valence-electron chi connectivity index (χ0n) is 12.4. The third kappa shape index (κ3) is 2.87. The summed E-state index contributed by atoms with van der Waals surface area (Å²) in [6.45, 7) is 5.60. The summed E-state index contributed by atoms with van der Waals surface area (Å²) in [5, 5.41) is 0. The van der Waals surface area contributed by atoms with Crippen LogP contribution in [0.25, 0.3) is 0 Å². The molecule has 2 saturated heterocycles. The van der Waals surface area contributed by atoms with E-state index in [0.717, 1.165) is 25.7 Å². The van der Waals surface area contributed by atoms with Gasteiger partial charge in [-0.15, -0.1) is 0 Å². The van der Waals surface area contributed by atoms with Gasteiger partial charge in [0.15, 0.2) is 0 Å². The Balaban J connectivity index is 1.97. The molecule has 0 aromatic rings. The van der Waals surface area contributed by atoms with Crippen molar-refractivity contribution in [3.63, 3.8) is 0 Å². The van der Waals surface area contributed by atoms with E-state index in [0.29, 0.717) is 0 Å². The molecule has 2 heterocycles.